The average molecular weight is 1670 g/mol. The third kappa shape index (κ3) is 13.8. The molecule has 0 unspecified atom stereocenters. The minimum atomic E-state index is -7.41. The first-order valence-electron chi connectivity index (χ1n) is 38.2. The van der Waals surface area contributed by atoms with Crippen LogP contribution in [0.5, 0.6) is 5.75 Å². The van der Waals surface area contributed by atoms with Crippen molar-refractivity contribution >= 4 is 146 Å². The number of aromatic nitrogens is 4. The van der Waals surface area contributed by atoms with E-state index >= 15 is 0 Å². The van der Waals surface area contributed by atoms with E-state index in [0.29, 0.717) is 39.2 Å². The molecule has 1 fully saturated rings. The fourth-order valence-corrected chi connectivity index (χ4v) is 21.6. The first-order valence-corrected chi connectivity index (χ1v) is 43.0. The molecule has 0 spiro atoms. The van der Waals surface area contributed by atoms with Crippen LogP contribution >= 0.6 is 14.3 Å². The largest absolute Gasteiger partial charge is 0.494 e. The van der Waals surface area contributed by atoms with E-state index in [2.05, 4.69) is 198 Å². The van der Waals surface area contributed by atoms with E-state index in [9.17, 15) is 57.1 Å². The van der Waals surface area contributed by atoms with Gasteiger partial charge in [0.2, 0.25) is 0 Å². The molecule has 4 aromatic heterocycles. The molecule has 0 aliphatic carbocycles. The predicted molar refractivity (Wildman–Crippen MR) is 463 cm³/mol. The third-order valence-electron chi connectivity index (χ3n) is 22.4. The Balaban J connectivity index is 0.000000131. The highest BCUT2D eigenvalue weighted by Crippen LogP contribution is 2.56. The van der Waals surface area contributed by atoms with Crippen molar-refractivity contribution in [2.24, 2.45) is 0 Å². The molecule has 1 aliphatic rings. The van der Waals surface area contributed by atoms with Crippen molar-refractivity contribution in [1.82, 2.24) is 18.8 Å². The van der Waals surface area contributed by atoms with E-state index in [1.807, 2.05) is 84.9 Å². The summed E-state index contributed by atoms with van der Waals surface area (Å²) in [5.41, 5.74) is 14.0. The van der Waals surface area contributed by atoms with Crippen LogP contribution in [-0.2, 0) is 28.6 Å². The van der Waals surface area contributed by atoms with Gasteiger partial charge in [-0.3, -0.25) is 8.80 Å². The van der Waals surface area contributed by atoms with E-state index in [-0.39, 0.29) is 11.2 Å². The van der Waals surface area contributed by atoms with Gasteiger partial charge in [0.05, 0.1) is 44.3 Å². The molecule has 0 atom stereocenters. The zero-order valence-corrected chi connectivity index (χ0v) is 67.0. The standard InChI is InChI=1S/C43H29N2OP.C28H18F9O4PS.C25H23BN2O2/c46-47(34-11-3-1-4-12-34,35-13-5-2-6-14-35)36-26-23-31(24-27-36)30-19-21-32(22-20-30)33-25-28-37-38-15-7-9-17-41(38)45-42-18-10-8-16-40(42)44-43(45)39(37)29-33;29-25(30,27(33,34)35)26(31,32)28(36,37)43(39,40)41-21-15-11-19(12-16-21)20-13-17-24(18-14-20)42(38,22-7-3-1-4-8-22)23-9-5-2-6-10-23;1-24(2)25(3,4)30-26(29-24)16-13-14-17-18-9-5-7-11-21(18)28-22-12-8-6-10-20(22)27-23(28)19(17)15-16/h1-29H;1-18H;5-15H,1-4H3. The molecule has 1 saturated heterocycles. The molecule has 0 amide bonds. The average Bonchev–Trinajstić information content (AvgIpc) is 1.46. The normalized spacial score (nSPS) is 14.1. The van der Waals surface area contributed by atoms with Crippen LogP contribution in [0.4, 0.5) is 39.5 Å². The lowest BCUT2D eigenvalue weighted by molar-refractivity contribution is -0.382. The van der Waals surface area contributed by atoms with E-state index in [4.69, 9.17) is 19.3 Å². The summed E-state index contributed by atoms with van der Waals surface area (Å²) in [4.78, 5) is 10.1. The van der Waals surface area contributed by atoms with Gasteiger partial charge in [-0.1, -0.05) is 297 Å². The zero-order valence-electron chi connectivity index (χ0n) is 64.4. The number of nitrogens with zero attached hydrogens (tertiary/aromatic N) is 4. The number of pyridine rings is 2. The molecular formula is C96H70BF9N4O7P2S. The number of benzene rings is 14. The summed E-state index contributed by atoms with van der Waals surface area (Å²) in [7, 11) is -13.8. The second-order valence-corrected chi connectivity index (χ2v) is 37.3. The fraction of sp³-hybridized carbons (Fsp3) is 0.104. The molecule has 0 bridgehead atoms. The first-order chi connectivity index (χ1) is 57.4. The number of rotatable bonds is 15. The highest BCUT2D eigenvalue weighted by atomic mass is 32.2. The van der Waals surface area contributed by atoms with Crippen LogP contribution in [-0.4, -0.2) is 68.8 Å². The van der Waals surface area contributed by atoms with Gasteiger partial charge in [0.15, 0.2) is 14.3 Å². The molecule has 14 aromatic carbocycles. The zero-order chi connectivity index (χ0) is 83.9. The molecule has 24 heteroatoms. The summed E-state index contributed by atoms with van der Waals surface area (Å²) in [6.45, 7) is 8.34. The van der Waals surface area contributed by atoms with Crippen LogP contribution in [0.15, 0.2) is 352 Å². The van der Waals surface area contributed by atoms with Gasteiger partial charge < -0.3 is 22.6 Å². The van der Waals surface area contributed by atoms with Gasteiger partial charge in [0, 0.05) is 53.4 Å². The Morgan fingerprint density at radius 3 is 1.03 bits per heavy atom. The van der Waals surface area contributed by atoms with Crippen molar-refractivity contribution < 1.29 is 70.6 Å². The number of hydrogen-bond acceptors (Lipinski definition) is 9. The molecule has 19 rings (SSSR count). The Morgan fingerprint density at radius 1 is 0.333 bits per heavy atom. The Labute approximate surface area is 684 Å². The third-order valence-corrected chi connectivity index (χ3v) is 29.8. The molecule has 598 valence electrons. The summed E-state index contributed by atoms with van der Waals surface area (Å²) in [6.07, 6.45) is -7.19. The lowest BCUT2D eigenvalue weighted by Crippen LogP contribution is -2.63. The Hall–Kier alpha value is -12.4. The number of para-hydroxylation sites is 6. The highest BCUT2D eigenvalue weighted by molar-refractivity contribution is 7.88. The van der Waals surface area contributed by atoms with Crippen molar-refractivity contribution in [2.45, 2.75) is 62.2 Å². The SMILES string of the molecule is CC1(C)OB(c2ccc3c4ccccc4n4c5ccccc5nc4c3c2)OC1(C)C.O=P(c1ccccc1)(c1ccccc1)c1ccc(-c2ccc(-c3ccc4c5ccccc5n5c6ccccc6nc5c4c3)cc2)cc1.O=P(c1ccccc1)(c1ccccc1)c1ccc(-c2ccc(OS(=O)(=O)C(F)(F)C(F)(F)C(F)(F)C(F)(F)F)cc2)cc1. The van der Waals surface area contributed by atoms with Gasteiger partial charge in [-0.2, -0.15) is 47.9 Å². The monoisotopic (exact) mass is 1670 g/mol. The molecule has 11 nitrogen and oxygen atoms in total. The van der Waals surface area contributed by atoms with Gasteiger partial charge in [0.25, 0.3) is 0 Å². The van der Waals surface area contributed by atoms with Crippen LogP contribution in [0.3, 0.4) is 0 Å². The van der Waals surface area contributed by atoms with Crippen molar-refractivity contribution in [3.8, 4) is 39.1 Å². The second kappa shape index (κ2) is 30.4. The maximum absolute atomic E-state index is 14.8. The van der Waals surface area contributed by atoms with E-state index in [1.165, 1.54) is 21.5 Å². The fourth-order valence-electron chi connectivity index (χ4n) is 15.4. The summed E-state index contributed by atoms with van der Waals surface area (Å²) < 4.78 is 192. The Bertz CT molecular complexity index is 7080. The van der Waals surface area contributed by atoms with Crippen LogP contribution in [0, 0.1) is 0 Å². The smallest absolute Gasteiger partial charge is 0.399 e. The molecule has 0 saturated carbocycles. The molecule has 5 heterocycles. The number of hydrogen-bond donors (Lipinski definition) is 0. The first kappa shape index (κ1) is 80.0. The van der Waals surface area contributed by atoms with Crippen molar-refractivity contribution in [3.63, 3.8) is 0 Å². The molecular weight excluding hydrogens is 1600 g/mol. The quantitative estimate of drug-likeness (QED) is 0.0324. The van der Waals surface area contributed by atoms with Gasteiger partial charge >= 0.3 is 40.5 Å². The lowest BCUT2D eigenvalue weighted by atomic mass is 9.78. The minimum Gasteiger partial charge on any atom is -0.399 e. The number of alkyl halides is 9. The van der Waals surface area contributed by atoms with Crippen LogP contribution in [0.1, 0.15) is 27.7 Å². The van der Waals surface area contributed by atoms with Gasteiger partial charge in [-0.05, 0) is 132 Å². The van der Waals surface area contributed by atoms with Crippen LogP contribution < -0.4 is 41.5 Å². The summed E-state index contributed by atoms with van der Waals surface area (Å²) in [5, 5.41) is 4.18. The minimum absolute atomic E-state index is 0.297. The molecule has 120 heavy (non-hydrogen) atoms. The van der Waals surface area contributed by atoms with Crippen LogP contribution in [0.2, 0.25) is 0 Å². The van der Waals surface area contributed by atoms with Crippen molar-refractivity contribution in [1.29, 1.82) is 0 Å². The lowest BCUT2D eigenvalue weighted by Gasteiger charge is -2.32. The Kier molecular flexibility index (Phi) is 20.3. The molecule has 1 aliphatic heterocycles. The maximum Gasteiger partial charge on any atom is 0.494 e. The number of imidazole rings is 2. The Morgan fingerprint density at radius 2 is 0.642 bits per heavy atom. The maximum atomic E-state index is 14.8. The summed E-state index contributed by atoms with van der Waals surface area (Å²) in [5.74, 6) is -15.9. The van der Waals surface area contributed by atoms with Gasteiger partial charge in [0.1, 0.15) is 17.0 Å². The van der Waals surface area contributed by atoms with Crippen LogP contribution in [0.25, 0.3) is 110 Å². The highest BCUT2D eigenvalue weighted by Gasteiger charge is 2.86. The summed E-state index contributed by atoms with van der Waals surface area (Å²) in [6, 6.07) is 111. The molecule has 0 radical (unpaired) electrons. The van der Waals surface area contributed by atoms with Crippen molar-refractivity contribution in [2.75, 3.05) is 0 Å². The summed E-state index contributed by atoms with van der Waals surface area (Å²) >= 11 is 0. The number of fused-ring (bicyclic) bond motifs is 16. The predicted octanol–water partition coefficient (Wildman–Crippen LogP) is 22.0. The number of halogens is 9. The van der Waals surface area contributed by atoms with Gasteiger partial charge in [-0.15, -0.1) is 0 Å². The van der Waals surface area contributed by atoms with E-state index in [1.54, 1.807) is 84.9 Å². The van der Waals surface area contributed by atoms with E-state index < -0.39 is 60.5 Å². The molecule has 0 N–H and O–H groups in total. The van der Waals surface area contributed by atoms with Crippen molar-refractivity contribution in [3.05, 3.63) is 352 Å². The molecule has 18 aromatic rings. The van der Waals surface area contributed by atoms with E-state index in [0.717, 1.165) is 111 Å². The van der Waals surface area contributed by atoms with Gasteiger partial charge in [-0.25, -0.2) is 9.97 Å². The topological polar surface area (TPSA) is 131 Å². The second-order valence-electron chi connectivity index (χ2n) is 30.2.